The second-order valence-electron chi connectivity index (χ2n) is 6.26. The second-order valence-corrected chi connectivity index (χ2v) is 8.00. The lowest BCUT2D eigenvalue weighted by Gasteiger charge is -2.10. The maximum absolute atomic E-state index is 12.9. The molecule has 0 saturated heterocycles. The maximum atomic E-state index is 12.9. The van der Waals surface area contributed by atoms with E-state index in [2.05, 4.69) is 27.1 Å². The average Bonchev–Trinajstić information content (AvgIpc) is 3.31. The number of hydrogen-bond donors (Lipinski definition) is 1. The number of carbonyl (C=O) groups is 1. The van der Waals surface area contributed by atoms with Crippen LogP contribution < -0.4 is 5.32 Å². The summed E-state index contributed by atoms with van der Waals surface area (Å²) in [6, 6.07) is 20.7. The van der Waals surface area contributed by atoms with Crippen LogP contribution in [0.15, 0.2) is 88.7 Å². The van der Waals surface area contributed by atoms with Crippen LogP contribution >= 0.6 is 23.1 Å². The Balaban J connectivity index is 1.47. The molecule has 6 heteroatoms. The van der Waals surface area contributed by atoms with Crippen molar-refractivity contribution in [3.05, 3.63) is 106 Å². The number of thioether (sulfide) groups is 1. The van der Waals surface area contributed by atoms with E-state index in [1.165, 1.54) is 0 Å². The lowest BCUT2D eigenvalue weighted by atomic mass is 10.1. The van der Waals surface area contributed by atoms with Crippen molar-refractivity contribution < 1.29 is 4.79 Å². The number of rotatable bonds is 5. The number of carbonyl (C=O) groups excluding carboxylic acids is 1. The molecule has 2 heterocycles. The van der Waals surface area contributed by atoms with Crippen LogP contribution in [0, 0.1) is 11.8 Å². The van der Waals surface area contributed by atoms with Gasteiger partial charge < -0.3 is 5.32 Å². The Labute approximate surface area is 183 Å². The lowest BCUT2D eigenvalue weighted by molar-refractivity contribution is 0.102. The van der Waals surface area contributed by atoms with Crippen LogP contribution in [-0.4, -0.2) is 15.9 Å². The SMILES string of the molecule is O=C(Nc1cccc(C#Cc2ccccn2)c1)c1ccccc1SCc1cscn1. The van der Waals surface area contributed by atoms with E-state index in [9.17, 15) is 4.79 Å². The van der Waals surface area contributed by atoms with Crippen molar-refractivity contribution in [2.45, 2.75) is 10.6 Å². The van der Waals surface area contributed by atoms with Gasteiger partial charge in [0.1, 0.15) is 5.69 Å². The fourth-order valence-corrected chi connectivity index (χ4v) is 4.30. The number of nitrogens with zero attached hydrogens (tertiary/aromatic N) is 2. The van der Waals surface area contributed by atoms with Gasteiger partial charge in [0.2, 0.25) is 0 Å². The largest absolute Gasteiger partial charge is 0.322 e. The van der Waals surface area contributed by atoms with E-state index in [1.54, 1.807) is 29.3 Å². The predicted molar refractivity (Wildman–Crippen MR) is 123 cm³/mol. The number of nitrogens with one attached hydrogen (secondary N) is 1. The minimum absolute atomic E-state index is 0.147. The van der Waals surface area contributed by atoms with Crippen LogP contribution in [0.4, 0.5) is 5.69 Å². The van der Waals surface area contributed by atoms with Crippen LogP contribution in [0.1, 0.15) is 27.3 Å². The van der Waals surface area contributed by atoms with Gasteiger partial charge in [-0.2, -0.15) is 0 Å². The minimum atomic E-state index is -0.147. The zero-order chi connectivity index (χ0) is 20.6. The fraction of sp³-hybridized carbons (Fsp3) is 0.0417. The van der Waals surface area contributed by atoms with Crippen molar-refractivity contribution in [3.63, 3.8) is 0 Å². The van der Waals surface area contributed by atoms with E-state index in [0.29, 0.717) is 16.9 Å². The van der Waals surface area contributed by atoms with E-state index in [-0.39, 0.29) is 5.91 Å². The number of anilines is 1. The molecule has 1 amide bonds. The van der Waals surface area contributed by atoms with Crippen molar-refractivity contribution in [2.75, 3.05) is 5.32 Å². The fourth-order valence-electron chi connectivity index (χ4n) is 2.69. The first kappa shape index (κ1) is 19.9. The highest BCUT2D eigenvalue weighted by Crippen LogP contribution is 2.27. The summed E-state index contributed by atoms with van der Waals surface area (Å²) in [7, 11) is 0. The molecule has 0 unspecified atom stereocenters. The summed E-state index contributed by atoms with van der Waals surface area (Å²) in [5, 5.41) is 5.00. The maximum Gasteiger partial charge on any atom is 0.256 e. The number of benzene rings is 2. The summed E-state index contributed by atoms with van der Waals surface area (Å²) < 4.78 is 0. The number of thiazole rings is 1. The molecule has 4 aromatic rings. The summed E-state index contributed by atoms with van der Waals surface area (Å²) >= 11 is 3.18. The van der Waals surface area contributed by atoms with E-state index >= 15 is 0 Å². The van der Waals surface area contributed by atoms with Crippen LogP contribution in [0.3, 0.4) is 0 Å². The number of pyridine rings is 1. The van der Waals surface area contributed by atoms with Gasteiger partial charge in [-0.05, 0) is 48.4 Å². The molecule has 0 aliphatic rings. The molecule has 0 fully saturated rings. The van der Waals surface area contributed by atoms with Gasteiger partial charge in [0.15, 0.2) is 0 Å². The average molecular weight is 428 g/mol. The molecule has 4 rings (SSSR count). The van der Waals surface area contributed by atoms with Gasteiger partial charge in [0.05, 0.1) is 16.8 Å². The van der Waals surface area contributed by atoms with Crippen molar-refractivity contribution in [3.8, 4) is 11.8 Å². The van der Waals surface area contributed by atoms with Gasteiger partial charge in [-0.25, -0.2) is 9.97 Å². The molecule has 0 atom stereocenters. The third-order valence-electron chi connectivity index (χ3n) is 4.11. The van der Waals surface area contributed by atoms with E-state index in [4.69, 9.17) is 0 Å². The highest BCUT2D eigenvalue weighted by atomic mass is 32.2. The summed E-state index contributed by atoms with van der Waals surface area (Å²) in [6.45, 7) is 0. The minimum Gasteiger partial charge on any atom is -0.322 e. The summed E-state index contributed by atoms with van der Waals surface area (Å²) in [5.41, 5.74) is 5.69. The smallest absolute Gasteiger partial charge is 0.256 e. The zero-order valence-corrected chi connectivity index (χ0v) is 17.5. The molecular formula is C24H17N3OS2. The molecule has 1 N–H and O–H groups in total. The van der Waals surface area contributed by atoms with Crippen LogP contribution in [-0.2, 0) is 5.75 Å². The number of hydrogen-bond acceptors (Lipinski definition) is 5. The second kappa shape index (κ2) is 9.88. The third kappa shape index (κ3) is 5.35. The Hall–Kier alpha value is -3.40. The molecule has 146 valence electrons. The monoisotopic (exact) mass is 427 g/mol. The first-order chi connectivity index (χ1) is 14.8. The Kier molecular flexibility index (Phi) is 6.55. The first-order valence-electron chi connectivity index (χ1n) is 9.21. The van der Waals surface area contributed by atoms with Gasteiger partial charge in [0.25, 0.3) is 5.91 Å². The predicted octanol–water partition coefficient (Wildman–Crippen LogP) is 5.48. The Morgan fingerprint density at radius 1 is 1.00 bits per heavy atom. The Bertz CT molecular complexity index is 1200. The first-order valence-corrected chi connectivity index (χ1v) is 11.1. The molecular weight excluding hydrogens is 410 g/mol. The van der Waals surface area contributed by atoms with E-state index in [0.717, 1.165) is 21.9 Å². The topological polar surface area (TPSA) is 54.9 Å². The van der Waals surface area contributed by atoms with Gasteiger partial charge in [-0.1, -0.05) is 30.2 Å². The van der Waals surface area contributed by atoms with Gasteiger partial charge in [0, 0.05) is 33.5 Å². The molecule has 2 aromatic carbocycles. The quantitative estimate of drug-likeness (QED) is 0.338. The molecule has 30 heavy (non-hydrogen) atoms. The standard InChI is InChI=1S/C24H17N3OS2/c28-24(22-9-1-2-10-23(22)30-16-21-15-29-17-26-21)27-20-8-5-6-18(14-20)11-12-19-7-3-4-13-25-19/h1-10,13-15,17H,16H2,(H,27,28). The highest BCUT2D eigenvalue weighted by Gasteiger charge is 2.12. The van der Waals surface area contributed by atoms with Gasteiger partial charge >= 0.3 is 0 Å². The molecule has 0 radical (unpaired) electrons. The molecule has 0 spiro atoms. The zero-order valence-electron chi connectivity index (χ0n) is 15.9. The third-order valence-corrected chi connectivity index (χ3v) is 5.85. The molecule has 0 saturated carbocycles. The van der Waals surface area contributed by atoms with E-state index in [1.807, 2.05) is 77.6 Å². The Morgan fingerprint density at radius 3 is 2.73 bits per heavy atom. The molecule has 0 bridgehead atoms. The normalized spacial score (nSPS) is 10.1. The molecule has 2 aromatic heterocycles. The van der Waals surface area contributed by atoms with Gasteiger partial charge in [-0.3, -0.25) is 4.79 Å². The van der Waals surface area contributed by atoms with Crippen LogP contribution in [0.25, 0.3) is 0 Å². The number of amides is 1. The molecule has 0 aliphatic heterocycles. The van der Waals surface area contributed by atoms with Crippen molar-refractivity contribution in [2.24, 2.45) is 0 Å². The Morgan fingerprint density at radius 2 is 1.90 bits per heavy atom. The van der Waals surface area contributed by atoms with Gasteiger partial charge in [-0.15, -0.1) is 23.1 Å². The summed E-state index contributed by atoms with van der Waals surface area (Å²) in [6.07, 6.45) is 1.71. The van der Waals surface area contributed by atoms with Crippen molar-refractivity contribution in [1.82, 2.24) is 9.97 Å². The number of aromatic nitrogens is 2. The lowest BCUT2D eigenvalue weighted by Crippen LogP contribution is -2.13. The van der Waals surface area contributed by atoms with E-state index < -0.39 is 0 Å². The van der Waals surface area contributed by atoms with Crippen LogP contribution in [0.5, 0.6) is 0 Å². The van der Waals surface area contributed by atoms with Crippen LogP contribution in [0.2, 0.25) is 0 Å². The summed E-state index contributed by atoms with van der Waals surface area (Å²) in [4.78, 5) is 22.3. The molecule has 0 aliphatic carbocycles. The van der Waals surface area contributed by atoms with Crippen molar-refractivity contribution >= 4 is 34.7 Å². The molecule has 4 nitrogen and oxygen atoms in total. The summed E-state index contributed by atoms with van der Waals surface area (Å²) in [5.74, 6) is 6.70. The van der Waals surface area contributed by atoms with Crippen molar-refractivity contribution in [1.29, 1.82) is 0 Å². The highest BCUT2D eigenvalue weighted by molar-refractivity contribution is 7.98.